The summed E-state index contributed by atoms with van der Waals surface area (Å²) in [6, 6.07) is 12.2. The maximum absolute atomic E-state index is 13.0. The van der Waals surface area contributed by atoms with Crippen LogP contribution in [-0.4, -0.2) is 5.97 Å². The van der Waals surface area contributed by atoms with Gasteiger partial charge < -0.3 is 4.74 Å². The van der Waals surface area contributed by atoms with E-state index in [9.17, 15) is 4.79 Å². The number of carbonyl (C=O) groups is 1. The number of rotatable bonds is 3. The Hall–Kier alpha value is -2.09. The summed E-state index contributed by atoms with van der Waals surface area (Å²) in [5.74, 6) is 1.48. The molecule has 1 fully saturated rings. The second-order valence-electron chi connectivity index (χ2n) is 10.8. The van der Waals surface area contributed by atoms with Crippen LogP contribution in [0.3, 0.4) is 0 Å². The molecular weight excluding hydrogens is 368 g/mol. The number of benzene rings is 2. The van der Waals surface area contributed by atoms with E-state index in [1.54, 1.807) is 0 Å². The van der Waals surface area contributed by atoms with Crippen LogP contribution in [0.15, 0.2) is 36.4 Å². The molecule has 0 aromatic heterocycles. The first-order valence-electron chi connectivity index (χ1n) is 11.6. The van der Waals surface area contributed by atoms with Gasteiger partial charge in [-0.05, 0) is 89.7 Å². The summed E-state index contributed by atoms with van der Waals surface area (Å²) in [7, 11) is 0. The predicted molar refractivity (Wildman–Crippen MR) is 123 cm³/mol. The van der Waals surface area contributed by atoms with Gasteiger partial charge >= 0.3 is 5.97 Å². The van der Waals surface area contributed by atoms with Crippen molar-refractivity contribution < 1.29 is 9.53 Å². The minimum atomic E-state index is -0.253. The van der Waals surface area contributed by atoms with Crippen molar-refractivity contribution in [3.05, 3.63) is 64.2 Å². The molecular formula is C28H36O2. The molecule has 2 aliphatic rings. The Labute approximate surface area is 182 Å². The normalized spacial score (nSPS) is 24.8. The van der Waals surface area contributed by atoms with Crippen molar-refractivity contribution in [3.63, 3.8) is 0 Å². The van der Waals surface area contributed by atoms with E-state index < -0.39 is 0 Å². The number of esters is 1. The van der Waals surface area contributed by atoms with E-state index in [1.807, 2.05) is 31.2 Å². The third kappa shape index (κ3) is 3.49. The smallest absolute Gasteiger partial charge is 0.343 e. The number of hydrogen-bond acceptors (Lipinski definition) is 2. The van der Waals surface area contributed by atoms with Crippen molar-refractivity contribution in [2.24, 2.45) is 11.3 Å². The van der Waals surface area contributed by atoms with Gasteiger partial charge in [0, 0.05) is 0 Å². The fraction of sp³-hybridized carbons (Fsp3) is 0.536. The Morgan fingerprint density at radius 2 is 1.83 bits per heavy atom. The van der Waals surface area contributed by atoms with E-state index in [2.05, 4.69) is 46.8 Å². The van der Waals surface area contributed by atoms with Crippen LogP contribution in [-0.2, 0) is 11.8 Å². The third-order valence-electron chi connectivity index (χ3n) is 7.97. The van der Waals surface area contributed by atoms with E-state index in [1.165, 1.54) is 36.8 Å². The second-order valence-corrected chi connectivity index (χ2v) is 10.8. The maximum Gasteiger partial charge on any atom is 0.343 e. The molecule has 0 spiro atoms. The Morgan fingerprint density at radius 3 is 2.53 bits per heavy atom. The van der Waals surface area contributed by atoms with E-state index in [-0.39, 0.29) is 11.4 Å². The number of ether oxygens (including phenoxy) is 1. The van der Waals surface area contributed by atoms with Crippen molar-refractivity contribution in [1.29, 1.82) is 0 Å². The van der Waals surface area contributed by atoms with Crippen molar-refractivity contribution in [2.75, 3.05) is 0 Å². The van der Waals surface area contributed by atoms with Crippen molar-refractivity contribution >= 4 is 5.97 Å². The van der Waals surface area contributed by atoms with Crippen LogP contribution >= 0.6 is 0 Å². The SMILES string of the molecule is Cc1ccccc1C(=O)Oc1cc2c(cc1C(C)C)CC[C@H]1C(C)(C)CCC[C@]21C. The molecule has 2 heteroatoms. The van der Waals surface area contributed by atoms with Gasteiger partial charge in [0.15, 0.2) is 0 Å². The molecule has 2 nitrogen and oxygen atoms in total. The van der Waals surface area contributed by atoms with E-state index >= 15 is 0 Å². The first kappa shape index (κ1) is 21.2. The number of aryl methyl sites for hydroxylation is 2. The largest absolute Gasteiger partial charge is 0.423 e. The van der Waals surface area contributed by atoms with E-state index in [0.29, 0.717) is 22.8 Å². The highest BCUT2D eigenvalue weighted by atomic mass is 16.5. The van der Waals surface area contributed by atoms with E-state index in [0.717, 1.165) is 23.3 Å². The summed E-state index contributed by atoms with van der Waals surface area (Å²) in [6.07, 6.45) is 6.19. The Balaban J connectivity index is 1.78. The summed E-state index contributed by atoms with van der Waals surface area (Å²) in [5, 5.41) is 0. The van der Waals surface area contributed by atoms with Gasteiger partial charge in [0.05, 0.1) is 5.56 Å². The molecule has 2 aliphatic carbocycles. The van der Waals surface area contributed by atoms with Gasteiger partial charge in [0.1, 0.15) is 5.75 Å². The minimum absolute atomic E-state index is 0.161. The highest BCUT2D eigenvalue weighted by molar-refractivity contribution is 5.92. The average Bonchev–Trinajstić information content (AvgIpc) is 2.67. The van der Waals surface area contributed by atoms with Crippen LogP contribution in [0.1, 0.15) is 98.8 Å². The monoisotopic (exact) mass is 404 g/mol. The molecule has 0 aliphatic heterocycles. The van der Waals surface area contributed by atoms with Crippen LogP contribution < -0.4 is 4.74 Å². The first-order valence-corrected chi connectivity index (χ1v) is 11.6. The molecule has 0 heterocycles. The number of carbonyl (C=O) groups excluding carboxylic acids is 1. The molecule has 4 rings (SSSR count). The Kier molecular flexibility index (Phi) is 5.33. The average molecular weight is 405 g/mol. The minimum Gasteiger partial charge on any atom is -0.423 e. The lowest BCUT2D eigenvalue weighted by molar-refractivity contribution is 0.0404. The fourth-order valence-corrected chi connectivity index (χ4v) is 6.33. The lowest BCUT2D eigenvalue weighted by atomic mass is 9.50. The van der Waals surface area contributed by atoms with Gasteiger partial charge in [-0.25, -0.2) is 4.79 Å². The van der Waals surface area contributed by atoms with Crippen molar-refractivity contribution in [3.8, 4) is 5.75 Å². The topological polar surface area (TPSA) is 26.3 Å². The molecule has 0 amide bonds. The Morgan fingerprint density at radius 1 is 1.10 bits per heavy atom. The van der Waals surface area contributed by atoms with Gasteiger partial charge in [-0.2, -0.15) is 0 Å². The third-order valence-corrected chi connectivity index (χ3v) is 7.97. The van der Waals surface area contributed by atoms with Gasteiger partial charge in [-0.15, -0.1) is 0 Å². The highest BCUT2D eigenvalue weighted by Gasteiger charge is 2.50. The first-order chi connectivity index (χ1) is 14.1. The van der Waals surface area contributed by atoms with Crippen LogP contribution in [0.2, 0.25) is 0 Å². The van der Waals surface area contributed by atoms with Crippen LogP contribution in [0, 0.1) is 18.3 Å². The summed E-state index contributed by atoms with van der Waals surface area (Å²) in [4.78, 5) is 13.0. The molecule has 160 valence electrons. The summed E-state index contributed by atoms with van der Waals surface area (Å²) < 4.78 is 6.08. The molecule has 0 bridgehead atoms. The van der Waals surface area contributed by atoms with Crippen molar-refractivity contribution in [2.45, 2.75) is 85.0 Å². The Bertz CT molecular complexity index is 969. The quantitative estimate of drug-likeness (QED) is 0.394. The zero-order valence-corrected chi connectivity index (χ0v) is 19.5. The zero-order valence-electron chi connectivity index (χ0n) is 19.5. The molecule has 2 aromatic carbocycles. The standard InChI is InChI=1S/C28H36O2/c1-18(2)22-16-20-12-13-25-27(4,5)14-9-15-28(25,6)23(20)17-24(22)30-26(29)21-11-8-7-10-19(21)3/h7-8,10-11,16-18,25H,9,12-15H2,1-6H3/t25-,28+/m0/s1. The lowest BCUT2D eigenvalue weighted by Gasteiger charge is -2.54. The van der Waals surface area contributed by atoms with Gasteiger partial charge in [0.2, 0.25) is 0 Å². The summed E-state index contributed by atoms with van der Waals surface area (Å²) in [5.41, 5.74) is 6.15. The predicted octanol–water partition coefficient (Wildman–Crippen LogP) is 7.37. The van der Waals surface area contributed by atoms with Crippen molar-refractivity contribution in [1.82, 2.24) is 0 Å². The molecule has 0 saturated heterocycles. The molecule has 2 aromatic rings. The van der Waals surface area contributed by atoms with Gasteiger partial charge in [0.25, 0.3) is 0 Å². The number of hydrogen-bond donors (Lipinski definition) is 0. The van der Waals surface area contributed by atoms with Crippen LogP contribution in [0.25, 0.3) is 0 Å². The second kappa shape index (κ2) is 7.55. The molecule has 1 saturated carbocycles. The number of fused-ring (bicyclic) bond motifs is 3. The fourth-order valence-electron chi connectivity index (χ4n) is 6.33. The van der Waals surface area contributed by atoms with Gasteiger partial charge in [-0.3, -0.25) is 0 Å². The van der Waals surface area contributed by atoms with E-state index in [4.69, 9.17) is 4.74 Å². The van der Waals surface area contributed by atoms with Crippen LogP contribution in [0.5, 0.6) is 5.75 Å². The van der Waals surface area contributed by atoms with Gasteiger partial charge in [-0.1, -0.05) is 65.3 Å². The summed E-state index contributed by atoms with van der Waals surface area (Å²) in [6.45, 7) is 13.7. The molecule has 0 unspecified atom stereocenters. The lowest BCUT2D eigenvalue weighted by Crippen LogP contribution is -2.47. The molecule has 0 N–H and O–H groups in total. The van der Waals surface area contributed by atoms with Crippen LogP contribution in [0.4, 0.5) is 0 Å². The molecule has 0 radical (unpaired) electrons. The molecule has 30 heavy (non-hydrogen) atoms. The maximum atomic E-state index is 13.0. The zero-order chi connectivity index (χ0) is 21.7. The highest BCUT2D eigenvalue weighted by Crippen LogP contribution is 2.57. The molecule has 2 atom stereocenters. The summed E-state index contributed by atoms with van der Waals surface area (Å²) >= 11 is 0.